The van der Waals surface area contributed by atoms with E-state index in [0.717, 1.165) is 27.0 Å². The van der Waals surface area contributed by atoms with Crippen LogP contribution in [-0.2, 0) is 0 Å². The molecule has 0 aliphatic carbocycles. The van der Waals surface area contributed by atoms with Crippen molar-refractivity contribution in [3.8, 4) is 0 Å². The Kier molecular flexibility index (Phi) is 9.56. The predicted molar refractivity (Wildman–Crippen MR) is 142 cm³/mol. The fourth-order valence-corrected chi connectivity index (χ4v) is 9.81. The lowest BCUT2D eigenvalue weighted by atomic mass is 10.3. The van der Waals surface area contributed by atoms with Crippen LogP contribution in [0.3, 0.4) is 0 Å². The summed E-state index contributed by atoms with van der Waals surface area (Å²) in [4.78, 5) is 1.28. The fraction of sp³-hybridized carbons (Fsp3) is 0.0769. The van der Waals surface area contributed by atoms with Gasteiger partial charge in [0.15, 0.2) is 0 Å². The molecule has 0 radical (unpaired) electrons. The van der Waals surface area contributed by atoms with Crippen molar-refractivity contribution >= 4 is 69.7 Å². The Bertz CT molecular complexity index is 1010. The lowest BCUT2D eigenvalue weighted by molar-refractivity contribution is -0.00000566. The number of benzene rings is 4. The summed E-state index contributed by atoms with van der Waals surface area (Å²) >= 11 is 20.6. The number of hydrogen-bond donors (Lipinski definition) is 0. The summed E-state index contributed by atoms with van der Waals surface area (Å²) < 4.78 is 0. The van der Waals surface area contributed by atoms with E-state index in [-0.39, 0.29) is 17.0 Å². The molecule has 4 rings (SSSR count). The highest BCUT2D eigenvalue weighted by Crippen LogP contribution is 2.56. The molecule has 32 heavy (non-hydrogen) atoms. The predicted octanol–water partition coefficient (Wildman–Crippen LogP) is 4.74. The van der Waals surface area contributed by atoms with Gasteiger partial charge < -0.3 is 17.0 Å². The third kappa shape index (κ3) is 5.92. The molecule has 0 heterocycles. The maximum Gasteiger partial charge on any atom is 0.112 e. The molecule has 0 amide bonds. The van der Waals surface area contributed by atoms with Crippen LogP contribution in [0.4, 0.5) is 0 Å². The second kappa shape index (κ2) is 11.9. The molecule has 4 aromatic rings. The monoisotopic (exact) mass is 580 g/mol. The summed E-state index contributed by atoms with van der Waals surface area (Å²) in [5.74, 6) is 0.992. The molecule has 0 N–H and O–H groups in total. The minimum atomic E-state index is -1.95. The van der Waals surface area contributed by atoms with Gasteiger partial charge in [0.25, 0.3) is 0 Å². The Morgan fingerprint density at radius 3 is 1.28 bits per heavy atom. The smallest absolute Gasteiger partial charge is 0.112 e. The normalized spacial score (nSPS) is 11.1. The number of thioether (sulfide) groups is 1. The maximum absolute atomic E-state index is 6.25. The molecule has 0 spiro atoms. The molecule has 0 atom stereocenters. The average molecular weight is 583 g/mol. The van der Waals surface area contributed by atoms with Gasteiger partial charge in [-0.15, -0.1) is 11.8 Å². The van der Waals surface area contributed by atoms with Crippen molar-refractivity contribution in [3.05, 3.63) is 118 Å². The summed E-state index contributed by atoms with van der Waals surface area (Å²) in [5, 5.41) is 6.13. The molecule has 164 valence electrons. The quantitative estimate of drug-likeness (QED) is 0.224. The van der Waals surface area contributed by atoms with Crippen molar-refractivity contribution in [2.75, 3.05) is 11.9 Å². The van der Waals surface area contributed by atoms with E-state index in [2.05, 4.69) is 66.7 Å². The van der Waals surface area contributed by atoms with Crippen LogP contribution in [0, 0.1) is 0 Å². The highest BCUT2D eigenvalue weighted by molar-refractivity contribution is 8.01. The first-order chi connectivity index (χ1) is 15.1. The van der Waals surface area contributed by atoms with Gasteiger partial charge in [-0.05, 0) is 84.9 Å². The molecule has 0 bridgehead atoms. The van der Waals surface area contributed by atoms with Gasteiger partial charge in [-0.1, -0.05) is 53.0 Å². The Labute approximate surface area is 220 Å². The van der Waals surface area contributed by atoms with Gasteiger partial charge >= 0.3 is 0 Å². The van der Waals surface area contributed by atoms with E-state index in [1.807, 2.05) is 48.2 Å². The molecule has 0 aromatic heterocycles. The molecule has 0 aliphatic heterocycles. The molecule has 0 nitrogen and oxygen atoms in total. The maximum atomic E-state index is 6.25. The van der Waals surface area contributed by atoms with Gasteiger partial charge in [0.05, 0.1) is 6.16 Å². The second-order valence-corrected chi connectivity index (χ2v) is 13.2. The minimum absolute atomic E-state index is 0. The summed E-state index contributed by atoms with van der Waals surface area (Å²) in [6.07, 6.45) is 1.01. The number of halogens is 4. The van der Waals surface area contributed by atoms with E-state index in [9.17, 15) is 0 Å². The van der Waals surface area contributed by atoms with Gasteiger partial charge in [-0.2, -0.15) is 0 Å². The van der Waals surface area contributed by atoms with Crippen LogP contribution in [0.5, 0.6) is 0 Å². The van der Waals surface area contributed by atoms with Crippen molar-refractivity contribution in [3.63, 3.8) is 0 Å². The van der Waals surface area contributed by atoms with Crippen LogP contribution < -0.4 is 32.9 Å². The van der Waals surface area contributed by atoms with E-state index in [1.165, 1.54) is 20.8 Å². The standard InChI is InChI=1S/C26H21Cl3PS.BrH/c27-20-6-12-23(13-7-20)30(24-14-8-21(28)9-15-24,25-16-10-22(29)11-17-25)18-19-31-26-4-2-1-3-5-26;/h1-17H,18-19H2;1H/q+1;/p-1. The Morgan fingerprint density at radius 1 is 0.531 bits per heavy atom. The van der Waals surface area contributed by atoms with Gasteiger partial charge in [0.1, 0.15) is 23.2 Å². The van der Waals surface area contributed by atoms with E-state index in [1.54, 1.807) is 0 Å². The Morgan fingerprint density at radius 2 is 0.906 bits per heavy atom. The summed E-state index contributed by atoms with van der Waals surface area (Å²) in [6, 6.07) is 35.5. The van der Waals surface area contributed by atoms with E-state index in [4.69, 9.17) is 34.8 Å². The first-order valence-electron chi connectivity index (χ1n) is 9.92. The highest BCUT2D eigenvalue weighted by atomic mass is 79.9. The van der Waals surface area contributed by atoms with Gasteiger partial charge in [-0.3, -0.25) is 0 Å². The van der Waals surface area contributed by atoms with Gasteiger partial charge in [0, 0.05) is 25.7 Å². The zero-order chi connectivity index (χ0) is 21.7. The van der Waals surface area contributed by atoms with Crippen LogP contribution >= 0.6 is 53.8 Å². The van der Waals surface area contributed by atoms with Crippen molar-refractivity contribution in [2.45, 2.75) is 4.90 Å². The zero-order valence-corrected chi connectivity index (χ0v) is 22.7. The fourth-order valence-electron chi connectivity index (χ4n) is 3.74. The topological polar surface area (TPSA) is 0 Å². The van der Waals surface area contributed by atoms with Crippen LogP contribution in [0.15, 0.2) is 108 Å². The summed E-state index contributed by atoms with van der Waals surface area (Å²) in [5.41, 5.74) is 0. The Hall–Kier alpha value is -0.990. The molecular weight excluding hydrogens is 562 g/mol. The third-order valence-corrected chi connectivity index (χ3v) is 11.7. The highest BCUT2D eigenvalue weighted by Gasteiger charge is 2.45. The van der Waals surface area contributed by atoms with Crippen molar-refractivity contribution in [1.29, 1.82) is 0 Å². The molecule has 0 aliphatic rings. The van der Waals surface area contributed by atoms with Crippen molar-refractivity contribution in [2.24, 2.45) is 0 Å². The first kappa shape index (κ1) is 25.6. The number of rotatable bonds is 7. The SMILES string of the molecule is Clc1ccc([P+](CCSc2ccccc2)(c2ccc(Cl)cc2)c2ccc(Cl)cc2)cc1.[Br-]. The van der Waals surface area contributed by atoms with Crippen LogP contribution in [0.1, 0.15) is 0 Å². The van der Waals surface area contributed by atoms with E-state index in [0.29, 0.717) is 0 Å². The molecule has 0 saturated heterocycles. The second-order valence-electron chi connectivity index (χ2n) is 7.12. The molecule has 0 saturated carbocycles. The molecule has 6 heteroatoms. The van der Waals surface area contributed by atoms with Crippen LogP contribution in [0.2, 0.25) is 15.1 Å². The lowest BCUT2D eigenvalue weighted by Gasteiger charge is -2.28. The van der Waals surface area contributed by atoms with Crippen molar-refractivity contribution in [1.82, 2.24) is 0 Å². The molecule has 4 aromatic carbocycles. The molecule has 0 unspecified atom stereocenters. The average Bonchev–Trinajstić information content (AvgIpc) is 2.80. The minimum Gasteiger partial charge on any atom is -1.00 e. The summed E-state index contributed by atoms with van der Waals surface area (Å²) in [7, 11) is -1.95. The van der Waals surface area contributed by atoms with Gasteiger partial charge in [0.2, 0.25) is 0 Å². The van der Waals surface area contributed by atoms with Crippen LogP contribution in [-0.4, -0.2) is 11.9 Å². The summed E-state index contributed by atoms with van der Waals surface area (Å²) in [6.45, 7) is 0. The van der Waals surface area contributed by atoms with Crippen molar-refractivity contribution < 1.29 is 17.0 Å². The largest absolute Gasteiger partial charge is 1.00 e. The first-order valence-corrected chi connectivity index (χ1v) is 14.0. The lowest BCUT2D eigenvalue weighted by Crippen LogP contribution is -3.00. The third-order valence-electron chi connectivity index (χ3n) is 5.24. The van der Waals surface area contributed by atoms with Gasteiger partial charge in [-0.25, -0.2) is 0 Å². The van der Waals surface area contributed by atoms with E-state index >= 15 is 0 Å². The Balaban J connectivity index is 0.00000289. The molecular formula is C26H21BrCl3PS. The molecule has 0 fully saturated rings. The van der Waals surface area contributed by atoms with E-state index < -0.39 is 7.26 Å². The zero-order valence-electron chi connectivity index (χ0n) is 17.1. The van der Waals surface area contributed by atoms with Crippen LogP contribution in [0.25, 0.3) is 0 Å². The number of hydrogen-bond acceptors (Lipinski definition) is 1.